The van der Waals surface area contributed by atoms with Gasteiger partial charge in [0.2, 0.25) is 5.91 Å². The first-order valence-electron chi connectivity index (χ1n) is 11.3. The normalized spacial score (nSPS) is 11.5. The maximum atomic E-state index is 12.8. The van der Waals surface area contributed by atoms with Gasteiger partial charge in [-0.2, -0.15) is 0 Å². The van der Waals surface area contributed by atoms with E-state index < -0.39 is 0 Å². The van der Waals surface area contributed by atoms with E-state index in [1.54, 1.807) is 19.4 Å². The second-order valence-electron chi connectivity index (χ2n) is 8.06. The highest BCUT2D eigenvalue weighted by Gasteiger charge is 2.19. The summed E-state index contributed by atoms with van der Waals surface area (Å²) in [5.41, 5.74) is 6.40. The SMILES string of the molecule is CCOc1c(/C(C)=C/C(=O)NCc2ccccc2OC)cc2c(-c3ccccc3)coc2c1C. The van der Waals surface area contributed by atoms with Crippen molar-refractivity contribution in [3.63, 3.8) is 0 Å². The molecular weight excluding hydrogens is 426 g/mol. The molecule has 5 heteroatoms. The fraction of sp³-hybridized carbons (Fsp3) is 0.207. The van der Waals surface area contributed by atoms with Crippen molar-refractivity contribution >= 4 is 22.4 Å². The van der Waals surface area contributed by atoms with Gasteiger partial charge in [0.15, 0.2) is 0 Å². The van der Waals surface area contributed by atoms with Crippen molar-refractivity contribution in [1.29, 1.82) is 0 Å². The van der Waals surface area contributed by atoms with Crippen molar-refractivity contribution in [2.45, 2.75) is 27.3 Å². The fourth-order valence-corrected chi connectivity index (χ4v) is 4.14. The van der Waals surface area contributed by atoms with Crippen molar-refractivity contribution in [3.8, 4) is 22.6 Å². The zero-order valence-corrected chi connectivity index (χ0v) is 20.0. The van der Waals surface area contributed by atoms with E-state index in [9.17, 15) is 4.79 Å². The van der Waals surface area contributed by atoms with Crippen molar-refractivity contribution in [3.05, 3.63) is 89.7 Å². The van der Waals surface area contributed by atoms with Crippen LogP contribution in [-0.4, -0.2) is 19.6 Å². The largest absolute Gasteiger partial charge is 0.496 e. The molecule has 1 aromatic heterocycles. The van der Waals surface area contributed by atoms with Crippen molar-refractivity contribution < 1.29 is 18.7 Å². The van der Waals surface area contributed by atoms with Crippen LogP contribution in [-0.2, 0) is 11.3 Å². The highest BCUT2D eigenvalue weighted by atomic mass is 16.5. The number of hydrogen-bond donors (Lipinski definition) is 1. The van der Waals surface area contributed by atoms with Gasteiger partial charge in [0.25, 0.3) is 0 Å². The minimum Gasteiger partial charge on any atom is -0.496 e. The van der Waals surface area contributed by atoms with Gasteiger partial charge in [-0.05, 0) is 44.0 Å². The highest BCUT2D eigenvalue weighted by molar-refractivity contribution is 6.01. The molecule has 0 saturated carbocycles. The predicted molar refractivity (Wildman–Crippen MR) is 136 cm³/mol. The zero-order valence-electron chi connectivity index (χ0n) is 20.0. The van der Waals surface area contributed by atoms with Crippen LogP contribution in [0.5, 0.6) is 11.5 Å². The Kier molecular flexibility index (Phi) is 7.02. The van der Waals surface area contributed by atoms with Crippen LogP contribution in [0.2, 0.25) is 0 Å². The third-order valence-corrected chi connectivity index (χ3v) is 5.84. The fourth-order valence-electron chi connectivity index (χ4n) is 4.14. The Balaban J connectivity index is 1.69. The first kappa shape index (κ1) is 23.2. The summed E-state index contributed by atoms with van der Waals surface area (Å²) in [6.45, 7) is 6.75. The van der Waals surface area contributed by atoms with Gasteiger partial charge in [-0.3, -0.25) is 4.79 Å². The van der Waals surface area contributed by atoms with Crippen LogP contribution in [0.4, 0.5) is 0 Å². The van der Waals surface area contributed by atoms with Crippen LogP contribution in [0.15, 0.2) is 77.4 Å². The number of benzene rings is 3. The number of amides is 1. The molecule has 4 rings (SSSR count). The molecule has 0 aliphatic carbocycles. The molecule has 0 fully saturated rings. The predicted octanol–water partition coefficient (Wildman–Crippen LogP) is 6.54. The minimum atomic E-state index is -0.181. The third-order valence-electron chi connectivity index (χ3n) is 5.84. The van der Waals surface area contributed by atoms with Gasteiger partial charge in [-0.25, -0.2) is 0 Å². The summed E-state index contributed by atoms with van der Waals surface area (Å²) in [5.74, 6) is 1.30. The number of carbonyl (C=O) groups excluding carboxylic acids is 1. The van der Waals surface area contributed by atoms with Crippen LogP contribution in [0, 0.1) is 6.92 Å². The number of methoxy groups -OCH3 is 1. The van der Waals surface area contributed by atoms with E-state index in [1.165, 1.54) is 0 Å². The van der Waals surface area contributed by atoms with Gasteiger partial charge >= 0.3 is 0 Å². The summed E-state index contributed by atoms with van der Waals surface area (Å²) in [6, 6.07) is 19.8. The molecule has 3 aromatic carbocycles. The van der Waals surface area contributed by atoms with Crippen LogP contribution >= 0.6 is 0 Å². The molecule has 174 valence electrons. The van der Waals surface area contributed by atoms with Crippen LogP contribution in [0.25, 0.3) is 27.7 Å². The van der Waals surface area contributed by atoms with Crippen molar-refractivity contribution in [1.82, 2.24) is 5.32 Å². The molecule has 5 nitrogen and oxygen atoms in total. The number of para-hydroxylation sites is 1. The maximum absolute atomic E-state index is 12.8. The van der Waals surface area contributed by atoms with Gasteiger partial charge in [-0.15, -0.1) is 0 Å². The average Bonchev–Trinajstić information content (AvgIpc) is 3.29. The summed E-state index contributed by atoms with van der Waals surface area (Å²) in [6.07, 6.45) is 3.40. The molecule has 1 N–H and O–H groups in total. The van der Waals surface area contributed by atoms with Gasteiger partial charge in [0.1, 0.15) is 17.1 Å². The maximum Gasteiger partial charge on any atom is 0.244 e. The lowest BCUT2D eigenvalue weighted by Gasteiger charge is -2.15. The molecule has 34 heavy (non-hydrogen) atoms. The third kappa shape index (κ3) is 4.69. The lowest BCUT2D eigenvalue weighted by atomic mass is 9.96. The second-order valence-corrected chi connectivity index (χ2v) is 8.06. The molecule has 1 heterocycles. The lowest BCUT2D eigenvalue weighted by Crippen LogP contribution is -2.21. The van der Waals surface area contributed by atoms with Crippen LogP contribution < -0.4 is 14.8 Å². The minimum absolute atomic E-state index is 0.181. The molecular formula is C29H29NO4. The molecule has 1 amide bonds. The van der Waals surface area contributed by atoms with Gasteiger partial charge in [0.05, 0.1) is 20.0 Å². The molecule has 0 unspecified atom stereocenters. The van der Waals surface area contributed by atoms with Gasteiger partial charge < -0.3 is 19.2 Å². The Morgan fingerprint density at radius 1 is 1.09 bits per heavy atom. The van der Waals surface area contributed by atoms with Crippen LogP contribution in [0.3, 0.4) is 0 Å². The summed E-state index contributed by atoms with van der Waals surface area (Å²) in [4.78, 5) is 12.8. The van der Waals surface area contributed by atoms with Gasteiger partial charge in [0, 0.05) is 40.3 Å². The van der Waals surface area contributed by atoms with E-state index in [-0.39, 0.29) is 5.91 Å². The number of carbonyl (C=O) groups is 1. The summed E-state index contributed by atoms with van der Waals surface area (Å²) >= 11 is 0. The standard InChI is InChI=1S/C29H29NO4/c1-5-33-28-20(3)29-24(25(18-34-29)21-11-7-6-8-12-21)16-23(28)19(2)15-27(31)30-17-22-13-9-10-14-26(22)32-4/h6-16,18H,5,17H2,1-4H3,(H,30,31)/b19-15+. The summed E-state index contributed by atoms with van der Waals surface area (Å²) in [5, 5.41) is 3.95. The molecule has 0 radical (unpaired) electrons. The molecule has 0 spiro atoms. The molecule has 0 bridgehead atoms. The monoisotopic (exact) mass is 455 g/mol. The second kappa shape index (κ2) is 10.3. The smallest absolute Gasteiger partial charge is 0.244 e. The number of aryl methyl sites for hydroxylation is 1. The van der Waals surface area contributed by atoms with E-state index >= 15 is 0 Å². The first-order chi connectivity index (χ1) is 16.5. The molecule has 0 aliphatic heterocycles. The summed E-state index contributed by atoms with van der Waals surface area (Å²) in [7, 11) is 1.62. The number of nitrogens with one attached hydrogen (secondary N) is 1. The molecule has 4 aromatic rings. The summed E-state index contributed by atoms with van der Waals surface area (Å²) < 4.78 is 17.3. The Bertz CT molecular complexity index is 1340. The van der Waals surface area contributed by atoms with E-state index in [4.69, 9.17) is 13.9 Å². The lowest BCUT2D eigenvalue weighted by molar-refractivity contribution is -0.116. The number of fused-ring (bicyclic) bond motifs is 1. The Morgan fingerprint density at radius 3 is 2.56 bits per heavy atom. The number of hydrogen-bond acceptors (Lipinski definition) is 4. The van der Waals surface area contributed by atoms with E-state index in [1.807, 2.05) is 63.2 Å². The number of ether oxygens (including phenoxy) is 2. The molecule has 0 atom stereocenters. The average molecular weight is 456 g/mol. The Morgan fingerprint density at radius 2 is 1.82 bits per heavy atom. The molecule has 0 saturated heterocycles. The van der Waals surface area contributed by atoms with E-state index in [2.05, 4.69) is 23.5 Å². The Hall–Kier alpha value is -3.99. The molecule has 0 aliphatic rings. The zero-order chi connectivity index (χ0) is 24.1. The van der Waals surface area contributed by atoms with Crippen molar-refractivity contribution in [2.24, 2.45) is 0 Å². The topological polar surface area (TPSA) is 60.7 Å². The van der Waals surface area contributed by atoms with E-state index in [0.717, 1.165) is 55.9 Å². The van der Waals surface area contributed by atoms with Gasteiger partial charge in [-0.1, -0.05) is 48.5 Å². The van der Waals surface area contributed by atoms with Crippen LogP contribution in [0.1, 0.15) is 30.5 Å². The number of rotatable bonds is 8. The quantitative estimate of drug-likeness (QED) is 0.307. The number of furan rings is 1. The van der Waals surface area contributed by atoms with E-state index in [0.29, 0.717) is 13.2 Å². The first-order valence-corrected chi connectivity index (χ1v) is 11.3. The highest BCUT2D eigenvalue weighted by Crippen LogP contribution is 2.40. The number of allylic oxidation sites excluding steroid dienone is 1. The van der Waals surface area contributed by atoms with Crippen molar-refractivity contribution in [2.75, 3.05) is 13.7 Å². The Labute approximate surface area is 200 Å².